The summed E-state index contributed by atoms with van der Waals surface area (Å²) in [7, 11) is 0. The summed E-state index contributed by atoms with van der Waals surface area (Å²) in [4.78, 5) is 10.9. The van der Waals surface area contributed by atoms with E-state index >= 15 is 0 Å². The first kappa shape index (κ1) is 11.6. The molecule has 1 unspecified atom stereocenters. The monoisotopic (exact) mass is 251 g/mol. The van der Waals surface area contributed by atoms with Gasteiger partial charge in [0.25, 0.3) is 0 Å². The molecule has 0 radical (unpaired) electrons. The van der Waals surface area contributed by atoms with E-state index in [1.54, 1.807) is 24.3 Å². The number of nitrogen functional groups attached to an aromatic ring is 1. The van der Waals surface area contributed by atoms with E-state index in [4.69, 9.17) is 10.3 Å². The van der Waals surface area contributed by atoms with Crippen LogP contribution in [0.15, 0.2) is 30.3 Å². The third-order valence-electron chi connectivity index (χ3n) is 2.37. The molecule has 0 aliphatic carbocycles. The summed E-state index contributed by atoms with van der Waals surface area (Å²) >= 11 is -2.48. The molecule has 0 saturated heterocycles. The van der Waals surface area contributed by atoms with Crippen molar-refractivity contribution in [3.05, 3.63) is 35.9 Å². The topological polar surface area (TPSA) is 89.6 Å². The molecule has 2 rings (SSSR count). The Morgan fingerprint density at radius 3 is 2.53 bits per heavy atom. The largest absolute Gasteiger partial charge is 0.395 e. The van der Waals surface area contributed by atoms with Gasteiger partial charge in [-0.2, -0.15) is 4.21 Å². The summed E-state index contributed by atoms with van der Waals surface area (Å²) in [5.41, 5.74) is 6.39. The van der Waals surface area contributed by atoms with Gasteiger partial charge in [-0.25, -0.2) is 0 Å². The van der Waals surface area contributed by atoms with E-state index in [1.165, 1.54) is 6.07 Å². The molecule has 0 fully saturated rings. The van der Waals surface area contributed by atoms with E-state index in [-0.39, 0.29) is 11.4 Å². The molecule has 88 valence electrons. The van der Waals surface area contributed by atoms with E-state index in [9.17, 15) is 9.00 Å². The molecular formula is C11H9NO4S. The average molecular weight is 251 g/mol. The number of benzene rings is 2. The summed E-state index contributed by atoms with van der Waals surface area (Å²) in [6, 6.07) is 8.34. The molecule has 0 spiro atoms. The van der Waals surface area contributed by atoms with Crippen LogP contribution in [0.1, 0.15) is 10.4 Å². The molecule has 0 aromatic heterocycles. The number of carbonyl (C=O) groups excluding carboxylic acids is 1. The molecule has 0 saturated carbocycles. The van der Waals surface area contributed by atoms with Gasteiger partial charge in [0.15, 0.2) is 12.0 Å². The number of carbonyl (C=O) groups is 1. The minimum absolute atomic E-state index is 0.0200. The lowest BCUT2D eigenvalue weighted by atomic mass is 10.0. The molecule has 1 atom stereocenters. The third-order valence-corrected chi connectivity index (χ3v) is 2.69. The van der Waals surface area contributed by atoms with Gasteiger partial charge in [-0.05, 0) is 11.5 Å². The fourth-order valence-electron chi connectivity index (χ4n) is 1.64. The van der Waals surface area contributed by atoms with Gasteiger partial charge < -0.3 is 9.92 Å². The number of hydrogen-bond donors (Lipinski definition) is 2. The maximum absolute atomic E-state index is 10.9. The van der Waals surface area contributed by atoms with Gasteiger partial charge in [0.1, 0.15) is 0 Å². The lowest BCUT2D eigenvalue weighted by Gasteiger charge is -2.09. The average Bonchev–Trinajstić information content (AvgIpc) is 2.32. The standard InChI is InChI=1S/C11H9NO4S/c12-11-9-4-2-1-3-8(9)7(6-13)5-10(11)16-17(14)15/h1-6H,12H2,(H,14,15). The van der Waals surface area contributed by atoms with Crippen molar-refractivity contribution >= 4 is 34.1 Å². The van der Waals surface area contributed by atoms with Crippen LogP contribution in [0.4, 0.5) is 5.69 Å². The highest BCUT2D eigenvalue weighted by Crippen LogP contribution is 2.33. The zero-order valence-corrected chi connectivity index (χ0v) is 9.44. The summed E-state index contributed by atoms with van der Waals surface area (Å²) in [6.07, 6.45) is 0.648. The van der Waals surface area contributed by atoms with E-state index in [2.05, 4.69) is 4.18 Å². The maximum Gasteiger partial charge on any atom is 0.357 e. The summed E-state index contributed by atoms with van der Waals surface area (Å²) in [5.74, 6) is 0.0200. The van der Waals surface area contributed by atoms with Crippen LogP contribution in [0.5, 0.6) is 5.75 Å². The SMILES string of the molecule is Nc1c(OS(=O)O)cc(C=O)c2ccccc12. The first-order valence-corrected chi connectivity index (χ1v) is 5.72. The number of rotatable bonds is 3. The Morgan fingerprint density at radius 2 is 1.94 bits per heavy atom. The molecule has 2 aromatic rings. The molecule has 2 aromatic carbocycles. The first-order chi connectivity index (χ1) is 8.13. The van der Waals surface area contributed by atoms with Gasteiger partial charge in [0, 0.05) is 10.9 Å². The van der Waals surface area contributed by atoms with E-state index in [0.717, 1.165) is 0 Å². The van der Waals surface area contributed by atoms with E-state index in [1.807, 2.05) is 0 Å². The normalized spacial score (nSPS) is 12.3. The van der Waals surface area contributed by atoms with Crippen molar-refractivity contribution in [2.45, 2.75) is 0 Å². The Hall–Kier alpha value is -1.92. The van der Waals surface area contributed by atoms with Crippen LogP contribution in [-0.2, 0) is 11.4 Å². The Labute approximate surface area is 99.7 Å². The number of hydrogen-bond acceptors (Lipinski definition) is 4. The van der Waals surface area contributed by atoms with Crippen molar-refractivity contribution in [2.75, 3.05) is 5.73 Å². The van der Waals surface area contributed by atoms with Gasteiger partial charge >= 0.3 is 11.4 Å². The summed E-state index contributed by atoms with van der Waals surface area (Å²) in [5, 5.41) is 1.29. The predicted octanol–water partition coefficient (Wildman–Crippen LogP) is 1.75. The van der Waals surface area contributed by atoms with Crippen molar-refractivity contribution in [3.63, 3.8) is 0 Å². The van der Waals surface area contributed by atoms with Crippen LogP contribution in [-0.4, -0.2) is 15.0 Å². The smallest absolute Gasteiger partial charge is 0.357 e. The van der Waals surface area contributed by atoms with Gasteiger partial charge in [-0.3, -0.25) is 9.35 Å². The van der Waals surface area contributed by atoms with Crippen molar-refractivity contribution in [3.8, 4) is 5.75 Å². The lowest BCUT2D eigenvalue weighted by molar-refractivity contribution is 0.112. The number of nitrogens with two attached hydrogens (primary N) is 1. The van der Waals surface area contributed by atoms with Gasteiger partial charge in [0.05, 0.1) is 5.69 Å². The quantitative estimate of drug-likeness (QED) is 0.492. The molecule has 3 N–H and O–H groups in total. The number of fused-ring (bicyclic) bond motifs is 1. The molecule has 0 heterocycles. The van der Waals surface area contributed by atoms with Crippen LogP contribution < -0.4 is 9.92 Å². The number of anilines is 1. The molecule has 0 bridgehead atoms. The second-order valence-corrected chi connectivity index (χ2v) is 3.94. The molecule has 0 aliphatic heterocycles. The Balaban J connectivity index is 2.75. The predicted molar refractivity (Wildman–Crippen MR) is 65.1 cm³/mol. The van der Waals surface area contributed by atoms with E-state index < -0.39 is 11.4 Å². The van der Waals surface area contributed by atoms with E-state index in [0.29, 0.717) is 22.6 Å². The molecule has 0 aliphatic rings. The maximum atomic E-state index is 10.9. The molecule has 0 amide bonds. The summed E-state index contributed by atoms with van der Waals surface area (Å²) in [6.45, 7) is 0. The highest BCUT2D eigenvalue weighted by atomic mass is 32.2. The fraction of sp³-hybridized carbons (Fsp3) is 0. The third kappa shape index (κ3) is 2.13. The first-order valence-electron chi connectivity index (χ1n) is 4.69. The minimum atomic E-state index is -2.48. The van der Waals surface area contributed by atoms with Gasteiger partial charge in [-0.1, -0.05) is 24.3 Å². The highest BCUT2D eigenvalue weighted by Gasteiger charge is 2.11. The van der Waals surface area contributed by atoms with Crippen molar-refractivity contribution in [2.24, 2.45) is 0 Å². The lowest BCUT2D eigenvalue weighted by Crippen LogP contribution is -2.02. The molecule has 6 heteroatoms. The highest BCUT2D eigenvalue weighted by molar-refractivity contribution is 7.74. The van der Waals surface area contributed by atoms with Crippen molar-refractivity contribution in [1.82, 2.24) is 0 Å². The fourth-order valence-corrected chi connectivity index (χ4v) is 1.93. The Bertz CT molecular complexity index is 612. The van der Waals surface area contributed by atoms with Gasteiger partial charge in [0.2, 0.25) is 0 Å². The van der Waals surface area contributed by atoms with Crippen molar-refractivity contribution < 1.29 is 17.7 Å². The van der Waals surface area contributed by atoms with Crippen LogP contribution >= 0.6 is 0 Å². The molecule has 17 heavy (non-hydrogen) atoms. The second-order valence-electron chi connectivity index (χ2n) is 3.34. The summed E-state index contributed by atoms with van der Waals surface area (Å²) < 4.78 is 23.9. The van der Waals surface area contributed by atoms with Crippen LogP contribution in [0.25, 0.3) is 10.8 Å². The molecular weight excluding hydrogens is 242 g/mol. The van der Waals surface area contributed by atoms with Crippen LogP contribution in [0.2, 0.25) is 0 Å². The Kier molecular flexibility index (Phi) is 3.08. The van der Waals surface area contributed by atoms with Crippen molar-refractivity contribution in [1.29, 1.82) is 0 Å². The second kappa shape index (κ2) is 4.52. The molecule has 5 nitrogen and oxygen atoms in total. The van der Waals surface area contributed by atoms with Crippen LogP contribution in [0, 0.1) is 0 Å². The van der Waals surface area contributed by atoms with Gasteiger partial charge in [-0.15, -0.1) is 0 Å². The van der Waals surface area contributed by atoms with Crippen LogP contribution in [0.3, 0.4) is 0 Å². The number of aldehydes is 1. The zero-order chi connectivity index (χ0) is 12.4. The Morgan fingerprint density at radius 1 is 1.29 bits per heavy atom. The zero-order valence-electron chi connectivity index (χ0n) is 8.62. The minimum Gasteiger partial charge on any atom is -0.395 e.